The first-order valence-corrected chi connectivity index (χ1v) is 10.8. The second-order valence-electron chi connectivity index (χ2n) is 9.23. The summed E-state index contributed by atoms with van der Waals surface area (Å²) in [6.45, 7) is 2.96. The number of nitrogens with zero attached hydrogens (tertiary/aromatic N) is 3. The lowest BCUT2D eigenvalue weighted by Crippen LogP contribution is -2.48. The Hall–Kier alpha value is -2.14. The number of piperidine rings is 1. The third-order valence-corrected chi connectivity index (χ3v) is 7.28. The van der Waals surface area contributed by atoms with Crippen LogP contribution in [0.3, 0.4) is 0 Å². The van der Waals surface area contributed by atoms with Crippen LogP contribution in [0, 0.1) is 5.92 Å². The Morgan fingerprint density at radius 1 is 0.964 bits per heavy atom. The average molecular weight is 377 g/mol. The molecule has 1 amide bonds. The molecule has 3 aliphatic heterocycles. The van der Waals surface area contributed by atoms with E-state index < -0.39 is 0 Å². The van der Waals surface area contributed by atoms with Crippen LogP contribution in [0.4, 0.5) is 0 Å². The fourth-order valence-corrected chi connectivity index (χ4v) is 5.56. The highest BCUT2D eigenvalue weighted by molar-refractivity contribution is 5.91. The van der Waals surface area contributed by atoms with Gasteiger partial charge in [0.05, 0.1) is 5.69 Å². The van der Waals surface area contributed by atoms with Gasteiger partial charge in [-0.3, -0.25) is 9.69 Å². The topological polar surface area (TPSA) is 49.6 Å². The van der Waals surface area contributed by atoms with E-state index >= 15 is 0 Å². The quantitative estimate of drug-likeness (QED) is 0.824. The highest BCUT2D eigenvalue weighted by Gasteiger charge is 2.41. The fraction of sp³-hybridized carbons (Fsp3) is 0.565. The minimum atomic E-state index is 0.0469. The van der Waals surface area contributed by atoms with Crippen molar-refractivity contribution in [3.05, 3.63) is 52.9 Å². The SMILES string of the molecule is O=C(c1cc(C2CC2)no1)N1C[C@@H]2CC[C@H]1CN(C1Cc3ccccc3C1)C2. The number of carbonyl (C=O) groups excluding carboxylic acids is 1. The normalized spacial score (nSPS) is 27.8. The number of benzene rings is 1. The predicted molar refractivity (Wildman–Crippen MR) is 105 cm³/mol. The minimum Gasteiger partial charge on any atom is -0.351 e. The predicted octanol–water partition coefficient (Wildman–Crippen LogP) is 3.26. The van der Waals surface area contributed by atoms with Crippen molar-refractivity contribution in [1.82, 2.24) is 15.0 Å². The van der Waals surface area contributed by atoms with Crippen molar-refractivity contribution >= 4 is 5.91 Å². The molecule has 0 unspecified atom stereocenters. The maximum atomic E-state index is 13.2. The number of aromatic nitrogens is 1. The van der Waals surface area contributed by atoms with Crippen LogP contribution in [-0.4, -0.2) is 52.6 Å². The number of carbonyl (C=O) groups is 1. The molecule has 0 spiro atoms. The molecule has 2 aliphatic carbocycles. The molecular formula is C23H27N3O2. The second-order valence-corrected chi connectivity index (χ2v) is 9.23. The summed E-state index contributed by atoms with van der Waals surface area (Å²) in [7, 11) is 0. The lowest BCUT2D eigenvalue weighted by Gasteiger charge is -2.35. The van der Waals surface area contributed by atoms with Gasteiger partial charge in [-0.1, -0.05) is 29.4 Å². The van der Waals surface area contributed by atoms with Crippen LogP contribution in [0.2, 0.25) is 0 Å². The Morgan fingerprint density at radius 3 is 2.50 bits per heavy atom. The Bertz CT molecular complexity index is 878. The zero-order valence-electron chi connectivity index (χ0n) is 16.2. The van der Waals surface area contributed by atoms with E-state index in [4.69, 9.17) is 4.52 Å². The second kappa shape index (κ2) is 6.45. The zero-order chi connectivity index (χ0) is 18.7. The first-order chi connectivity index (χ1) is 13.7. The fourth-order valence-electron chi connectivity index (χ4n) is 5.56. The van der Waals surface area contributed by atoms with Crippen LogP contribution in [0.1, 0.15) is 59.0 Å². The standard InChI is InChI=1S/C23H27N3O2/c27-23(22-11-21(24-28-22)16-6-7-16)26-13-15-5-8-19(26)14-25(12-15)20-9-17-3-1-2-4-18(17)10-20/h1-4,11,15-16,19-20H,5-10,12-14H2/t15-,19+/m1/s1. The van der Waals surface area contributed by atoms with Gasteiger partial charge in [-0.2, -0.15) is 0 Å². The van der Waals surface area contributed by atoms with Gasteiger partial charge in [-0.15, -0.1) is 0 Å². The Labute approximate surface area is 165 Å². The Morgan fingerprint density at radius 2 is 1.75 bits per heavy atom. The van der Waals surface area contributed by atoms with E-state index in [1.54, 1.807) is 0 Å². The number of amides is 1. The summed E-state index contributed by atoms with van der Waals surface area (Å²) in [4.78, 5) is 17.9. The van der Waals surface area contributed by atoms with Crippen LogP contribution in [-0.2, 0) is 12.8 Å². The molecule has 4 fully saturated rings. The Kier molecular flexibility index (Phi) is 3.86. The van der Waals surface area contributed by atoms with E-state index in [0.29, 0.717) is 29.7 Å². The van der Waals surface area contributed by atoms with Gasteiger partial charge in [0.1, 0.15) is 0 Å². The lowest BCUT2D eigenvalue weighted by atomic mass is 9.94. The van der Waals surface area contributed by atoms with Gasteiger partial charge in [0.15, 0.2) is 0 Å². The van der Waals surface area contributed by atoms with Gasteiger partial charge in [0, 0.05) is 43.7 Å². The van der Waals surface area contributed by atoms with Crippen molar-refractivity contribution in [2.45, 2.75) is 56.5 Å². The van der Waals surface area contributed by atoms with E-state index in [2.05, 4.69) is 39.2 Å². The average Bonchev–Trinajstić information content (AvgIpc) is 3.40. The van der Waals surface area contributed by atoms with Crippen molar-refractivity contribution in [3.8, 4) is 0 Å². The van der Waals surface area contributed by atoms with Gasteiger partial charge in [0.25, 0.3) is 5.91 Å². The first-order valence-electron chi connectivity index (χ1n) is 10.8. The summed E-state index contributed by atoms with van der Waals surface area (Å²) < 4.78 is 5.44. The van der Waals surface area contributed by atoms with Gasteiger partial charge in [0.2, 0.25) is 5.76 Å². The molecular weight excluding hydrogens is 350 g/mol. The molecule has 7 rings (SSSR count). The largest absolute Gasteiger partial charge is 0.351 e. The molecule has 1 aromatic carbocycles. The summed E-state index contributed by atoms with van der Waals surface area (Å²) in [5, 5.41) is 4.15. The van der Waals surface area contributed by atoms with Crippen molar-refractivity contribution in [1.29, 1.82) is 0 Å². The number of hydrogen-bond acceptors (Lipinski definition) is 4. The van der Waals surface area contributed by atoms with E-state index in [9.17, 15) is 4.79 Å². The molecule has 1 aromatic heterocycles. The molecule has 0 N–H and O–H groups in total. The molecule has 2 aromatic rings. The summed E-state index contributed by atoms with van der Waals surface area (Å²) in [5.41, 5.74) is 3.98. The minimum absolute atomic E-state index is 0.0469. The highest BCUT2D eigenvalue weighted by atomic mass is 16.5. The molecule has 146 valence electrons. The molecule has 1 saturated carbocycles. The van der Waals surface area contributed by atoms with E-state index in [1.165, 1.54) is 30.4 Å². The number of hydrogen-bond donors (Lipinski definition) is 0. The number of rotatable bonds is 3. The summed E-state index contributed by atoms with van der Waals surface area (Å²) in [6.07, 6.45) is 6.98. The Balaban J connectivity index is 1.19. The molecule has 4 heterocycles. The summed E-state index contributed by atoms with van der Waals surface area (Å²) in [6, 6.07) is 11.6. The van der Waals surface area contributed by atoms with Crippen molar-refractivity contribution in [3.63, 3.8) is 0 Å². The third-order valence-electron chi connectivity index (χ3n) is 7.28. The third kappa shape index (κ3) is 2.87. The molecule has 2 bridgehead atoms. The van der Waals surface area contributed by atoms with Gasteiger partial charge >= 0.3 is 0 Å². The van der Waals surface area contributed by atoms with Crippen molar-refractivity contribution in [2.75, 3.05) is 19.6 Å². The van der Waals surface area contributed by atoms with Gasteiger partial charge in [-0.05, 0) is 55.6 Å². The smallest absolute Gasteiger partial charge is 0.292 e. The highest BCUT2D eigenvalue weighted by Crippen LogP contribution is 2.40. The summed E-state index contributed by atoms with van der Waals surface area (Å²) in [5.74, 6) is 1.57. The van der Waals surface area contributed by atoms with Crippen LogP contribution in [0.15, 0.2) is 34.9 Å². The van der Waals surface area contributed by atoms with Crippen LogP contribution < -0.4 is 0 Å². The maximum Gasteiger partial charge on any atom is 0.292 e. The van der Waals surface area contributed by atoms with Crippen molar-refractivity contribution in [2.24, 2.45) is 5.92 Å². The van der Waals surface area contributed by atoms with Crippen molar-refractivity contribution < 1.29 is 9.32 Å². The van der Waals surface area contributed by atoms with E-state index in [1.807, 2.05) is 6.07 Å². The molecule has 5 aliphatic rings. The lowest BCUT2D eigenvalue weighted by molar-refractivity contribution is 0.0540. The molecule has 0 radical (unpaired) electrons. The molecule has 2 atom stereocenters. The molecule has 3 saturated heterocycles. The monoisotopic (exact) mass is 377 g/mol. The van der Waals surface area contributed by atoms with Gasteiger partial charge < -0.3 is 9.42 Å². The molecule has 5 heteroatoms. The van der Waals surface area contributed by atoms with E-state index in [-0.39, 0.29) is 5.91 Å². The zero-order valence-corrected chi connectivity index (χ0v) is 16.2. The van der Waals surface area contributed by atoms with Gasteiger partial charge in [-0.25, -0.2) is 0 Å². The van der Waals surface area contributed by atoms with Crippen LogP contribution in [0.25, 0.3) is 0 Å². The van der Waals surface area contributed by atoms with Crippen LogP contribution in [0.5, 0.6) is 0 Å². The number of fused-ring (bicyclic) bond motifs is 5. The van der Waals surface area contributed by atoms with E-state index in [0.717, 1.165) is 44.6 Å². The molecule has 5 nitrogen and oxygen atoms in total. The first kappa shape index (κ1) is 16.8. The molecule has 28 heavy (non-hydrogen) atoms. The maximum absolute atomic E-state index is 13.2. The van der Waals surface area contributed by atoms with Crippen LogP contribution >= 0.6 is 0 Å². The summed E-state index contributed by atoms with van der Waals surface area (Å²) >= 11 is 0.